The third-order valence-electron chi connectivity index (χ3n) is 4.60. The maximum Gasteiger partial charge on any atom is 0.343 e. The summed E-state index contributed by atoms with van der Waals surface area (Å²) in [5.74, 6) is -0.976. The van der Waals surface area contributed by atoms with Gasteiger partial charge in [0, 0.05) is 23.4 Å². The summed E-state index contributed by atoms with van der Waals surface area (Å²) in [6, 6.07) is 16.7. The number of ether oxygens (including phenoxy) is 4. The van der Waals surface area contributed by atoms with Crippen molar-refractivity contribution in [2.75, 3.05) is 26.6 Å². The molecular formula is C24H22FNO6. The maximum absolute atomic E-state index is 13.2. The van der Waals surface area contributed by atoms with Gasteiger partial charge in [0.05, 0.1) is 21.3 Å². The minimum absolute atomic E-state index is 0.0562. The van der Waals surface area contributed by atoms with Crippen LogP contribution in [0.4, 0.5) is 10.1 Å². The smallest absolute Gasteiger partial charge is 0.343 e. The maximum atomic E-state index is 13.2. The number of carbonyl (C=O) groups is 2. The summed E-state index contributed by atoms with van der Waals surface area (Å²) in [6.07, 6.45) is -1.27. The molecular weight excluding hydrogens is 417 g/mol. The fourth-order valence-corrected chi connectivity index (χ4v) is 3.00. The summed E-state index contributed by atoms with van der Waals surface area (Å²) < 4.78 is 34.5. The van der Waals surface area contributed by atoms with Gasteiger partial charge in [-0.25, -0.2) is 9.18 Å². The first-order valence-electron chi connectivity index (χ1n) is 9.59. The second kappa shape index (κ2) is 10.3. The number of rotatable bonds is 8. The Morgan fingerprint density at radius 3 is 2.00 bits per heavy atom. The summed E-state index contributed by atoms with van der Waals surface area (Å²) in [7, 11) is 4.29. The van der Waals surface area contributed by atoms with Gasteiger partial charge in [-0.1, -0.05) is 30.3 Å². The number of nitrogens with one attached hydrogen (secondary N) is 1. The molecule has 3 aromatic rings. The number of methoxy groups -OCH3 is 3. The summed E-state index contributed by atoms with van der Waals surface area (Å²) in [4.78, 5) is 26.0. The van der Waals surface area contributed by atoms with Crippen molar-refractivity contribution in [1.82, 2.24) is 0 Å². The van der Waals surface area contributed by atoms with Crippen molar-refractivity contribution in [2.45, 2.75) is 6.10 Å². The van der Waals surface area contributed by atoms with Crippen LogP contribution in [-0.4, -0.2) is 33.2 Å². The molecule has 0 aliphatic rings. The first-order chi connectivity index (χ1) is 15.5. The van der Waals surface area contributed by atoms with Crippen molar-refractivity contribution >= 4 is 17.6 Å². The van der Waals surface area contributed by atoms with Crippen LogP contribution in [0.25, 0.3) is 0 Å². The van der Waals surface area contributed by atoms with Crippen LogP contribution < -0.4 is 19.5 Å². The monoisotopic (exact) mass is 439 g/mol. The van der Waals surface area contributed by atoms with E-state index in [1.807, 2.05) is 0 Å². The molecule has 0 aliphatic heterocycles. The number of carbonyl (C=O) groups excluding carboxylic acids is 2. The van der Waals surface area contributed by atoms with Crippen LogP contribution >= 0.6 is 0 Å². The minimum Gasteiger partial charge on any atom is -0.496 e. The Kier molecular flexibility index (Phi) is 7.28. The average Bonchev–Trinajstić information content (AvgIpc) is 2.83. The summed E-state index contributed by atoms with van der Waals surface area (Å²) in [5, 5.41) is 2.64. The van der Waals surface area contributed by atoms with E-state index in [9.17, 15) is 14.0 Å². The molecule has 0 aromatic heterocycles. The lowest BCUT2D eigenvalue weighted by Crippen LogP contribution is -2.26. The Balaban J connectivity index is 1.92. The van der Waals surface area contributed by atoms with E-state index in [-0.39, 0.29) is 11.3 Å². The Bertz CT molecular complexity index is 1090. The minimum atomic E-state index is -1.27. The van der Waals surface area contributed by atoms with Gasteiger partial charge in [-0.15, -0.1) is 0 Å². The van der Waals surface area contributed by atoms with Crippen molar-refractivity contribution in [3.8, 4) is 17.2 Å². The van der Waals surface area contributed by atoms with E-state index in [4.69, 9.17) is 18.9 Å². The van der Waals surface area contributed by atoms with Crippen LogP contribution in [0.2, 0.25) is 0 Å². The predicted octanol–water partition coefficient (Wildman–Crippen LogP) is 4.39. The molecule has 0 fully saturated rings. The van der Waals surface area contributed by atoms with E-state index < -0.39 is 23.8 Å². The fraction of sp³-hybridized carbons (Fsp3) is 0.167. The topological polar surface area (TPSA) is 83.1 Å². The zero-order valence-corrected chi connectivity index (χ0v) is 17.8. The van der Waals surface area contributed by atoms with Gasteiger partial charge >= 0.3 is 5.97 Å². The number of halogens is 1. The number of hydrogen-bond acceptors (Lipinski definition) is 6. The molecule has 166 valence electrons. The quantitative estimate of drug-likeness (QED) is 0.524. The number of anilines is 1. The highest BCUT2D eigenvalue weighted by Gasteiger charge is 2.28. The number of hydrogen-bond donors (Lipinski definition) is 1. The first kappa shape index (κ1) is 22.6. The van der Waals surface area contributed by atoms with Crippen LogP contribution in [0.3, 0.4) is 0 Å². The molecule has 7 nitrogen and oxygen atoms in total. The second-order valence-corrected chi connectivity index (χ2v) is 6.60. The molecule has 0 bridgehead atoms. The van der Waals surface area contributed by atoms with Crippen LogP contribution in [0.5, 0.6) is 17.2 Å². The van der Waals surface area contributed by atoms with Crippen LogP contribution in [0.1, 0.15) is 22.0 Å². The highest BCUT2D eigenvalue weighted by Crippen LogP contribution is 2.35. The molecule has 1 amide bonds. The second-order valence-electron chi connectivity index (χ2n) is 6.60. The SMILES string of the molecule is COc1cc(OC)c(C(=O)O[C@@H](C(=O)Nc2ccc(F)cc2)c2ccccc2)cc1OC. The molecule has 8 heteroatoms. The molecule has 0 heterocycles. The van der Waals surface area contributed by atoms with Crippen molar-refractivity contribution in [1.29, 1.82) is 0 Å². The Hall–Kier alpha value is -4.07. The largest absolute Gasteiger partial charge is 0.496 e. The lowest BCUT2D eigenvalue weighted by Gasteiger charge is -2.19. The lowest BCUT2D eigenvalue weighted by atomic mass is 10.1. The van der Waals surface area contributed by atoms with Gasteiger partial charge in [-0.2, -0.15) is 0 Å². The summed E-state index contributed by atoms with van der Waals surface area (Å²) in [5.41, 5.74) is 0.873. The van der Waals surface area contributed by atoms with Crippen LogP contribution in [0.15, 0.2) is 66.7 Å². The van der Waals surface area contributed by atoms with E-state index in [1.165, 1.54) is 57.7 Å². The molecule has 0 saturated carbocycles. The molecule has 0 spiro atoms. The first-order valence-corrected chi connectivity index (χ1v) is 9.59. The molecule has 0 radical (unpaired) electrons. The predicted molar refractivity (Wildman–Crippen MR) is 116 cm³/mol. The van der Waals surface area contributed by atoms with Gasteiger partial charge < -0.3 is 24.3 Å². The number of amides is 1. The van der Waals surface area contributed by atoms with Crippen molar-refractivity contribution in [3.63, 3.8) is 0 Å². The van der Waals surface area contributed by atoms with Gasteiger partial charge in [-0.3, -0.25) is 4.79 Å². The molecule has 0 aliphatic carbocycles. The zero-order chi connectivity index (χ0) is 23.1. The Labute approximate surface area is 184 Å². The molecule has 1 atom stereocenters. The molecule has 3 aromatic carbocycles. The Morgan fingerprint density at radius 2 is 1.41 bits per heavy atom. The van der Waals surface area contributed by atoms with Gasteiger partial charge in [0.1, 0.15) is 17.1 Å². The Morgan fingerprint density at radius 1 is 0.812 bits per heavy atom. The lowest BCUT2D eigenvalue weighted by molar-refractivity contribution is -0.125. The normalized spacial score (nSPS) is 11.2. The third-order valence-corrected chi connectivity index (χ3v) is 4.60. The van der Waals surface area contributed by atoms with E-state index >= 15 is 0 Å². The number of esters is 1. The van der Waals surface area contributed by atoms with E-state index in [2.05, 4.69) is 5.32 Å². The van der Waals surface area contributed by atoms with Gasteiger partial charge in [0.25, 0.3) is 5.91 Å². The molecule has 3 rings (SSSR count). The summed E-state index contributed by atoms with van der Waals surface area (Å²) in [6.45, 7) is 0. The van der Waals surface area contributed by atoms with Crippen LogP contribution in [-0.2, 0) is 9.53 Å². The average molecular weight is 439 g/mol. The third kappa shape index (κ3) is 5.15. The van der Waals surface area contributed by atoms with E-state index in [0.29, 0.717) is 22.7 Å². The van der Waals surface area contributed by atoms with Crippen molar-refractivity contribution in [3.05, 3.63) is 83.7 Å². The van der Waals surface area contributed by atoms with Crippen molar-refractivity contribution < 1.29 is 32.9 Å². The van der Waals surface area contributed by atoms with Gasteiger partial charge in [-0.05, 0) is 24.3 Å². The number of benzene rings is 3. The van der Waals surface area contributed by atoms with Crippen molar-refractivity contribution in [2.24, 2.45) is 0 Å². The van der Waals surface area contributed by atoms with Gasteiger partial charge in [0.15, 0.2) is 11.5 Å². The highest BCUT2D eigenvalue weighted by atomic mass is 19.1. The fourth-order valence-electron chi connectivity index (χ4n) is 3.00. The van der Waals surface area contributed by atoms with E-state index in [0.717, 1.165) is 0 Å². The highest BCUT2D eigenvalue weighted by molar-refractivity contribution is 5.99. The standard InChI is InChI=1S/C24H22FNO6/c1-29-19-14-21(31-3)20(30-2)13-18(19)24(28)32-22(15-7-5-4-6-8-15)23(27)26-17-11-9-16(25)10-12-17/h4-14,22H,1-3H3,(H,26,27)/t22-/m1/s1. The molecule has 32 heavy (non-hydrogen) atoms. The van der Waals surface area contributed by atoms with Crippen LogP contribution in [0, 0.1) is 5.82 Å². The molecule has 0 saturated heterocycles. The molecule has 1 N–H and O–H groups in total. The zero-order valence-electron chi connectivity index (χ0n) is 17.8. The molecule has 0 unspecified atom stereocenters. The summed E-state index contributed by atoms with van der Waals surface area (Å²) >= 11 is 0. The van der Waals surface area contributed by atoms with E-state index in [1.54, 1.807) is 30.3 Å². The van der Waals surface area contributed by atoms with Gasteiger partial charge in [0.2, 0.25) is 6.10 Å².